The van der Waals surface area contributed by atoms with E-state index in [4.69, 9.17) is 4.74 Å². The second-order valence-corrected chi connectivity index (χ2v) is 8.30. The molecule has 2 aliphatic heterocycles. The van der Waals surface area contributed by atoms with Gasteiger partial charge in [0.25, 0.3) is 5.91 Å². The Bertz CT molecular complexity index is 1150. The molecule has 0 aliphatic carbocycles. The second kappa shape index (κ2) is 8.13. The fraction of sp³-hybridized carbons (Fsp3) is 0.409. The maximum atomic E-state index is 13.7. The molecule has 3 unspecified atom stereocenters. The summed E-state index contributed by atoms with van der Waals surface area (Å²) in [6, 6.07) is 5.24. The van der Waals surface area contributed by atoms with E-state index in [1.165, 1.54) is 18.1 Å². The summed E-state index contributed by atoms with van der Waals surface area (Å²) in [4.78, 5) is 24.5. The van der Waals surface area contributed by atoms with Gasteiger partial charge >= 0.3 is 6.18 Å². The zero-order valence-corrected chi connectivity index (χ0v) is 17.7. The molecule has 2 bridgehead atoms. The number of hydrogen-bond acceptors (Lipinski definition) is 6. The van der Waals surface area contributed by atoms with E-state index in [-0.39, 0.29) is 23.9 Å². The molecule has 11 heteroatoms. The van der Waals surface area contributed by atoms with Crippen LogP contribution in [-0.2, 0) is 12.6 Å². The number of halogens is 3. The fourth-order valence-corrected chi connectivity index (χ4v) is 4.99. The predicted octanol–water partition coefficient (Wildman–Crippen LogP) is 3.32. The summed E-state index contributed by atoms with van der Waals surface area (Å²) in [6.07, 6.45) is 3.51. The number of rotatable bonds is 5. The molecule has 0 saturated carbocycles. The topological polar surface area (TPSA) is 86.0 Å². The van der Waals surface area contributed by atoms with Crippen molar-refractivity contribution >= 4 is 5.91 Å². The third-order valence-corrected chi connectivity index (χ3v) is 6.44. The summed E-state index contributed by atoms with van der Waals surface area (Å²) in [6.45, 7) is 0. The molecule has 0 N–H and O–H groups in total. The number of amides is 1. The van der Waals surface area contributed by atoms with Gasteiger partial charge in [0.1, 0.15) is 5.75 Å². The molecule has 172 valence electrons. The largest absolute Gasteiger partial charge is 0.497 e. The van der Waals surface area contributed by atoms with Crippen molar-refractivity contribution in [3.63, 3.8) is 0 Å². The van der Waals surface area contributed by atoms with Crippen LogP contribution in [0, 0.1) is 5.92 Å². The van der Waals surface area contributed by atoms with Gasteiger partial charge in [-0.3, -0.25) is 9.78 Å². The minimum atomic E-state index is -4.51. The van der Waals surface area contributed by atoms with Crippen molar-refractivity contribution in [3.8, 4) is 11.4 Å². The zero-order chi connectivity index (χ0) is 23.2. The number of alkyl halides is 3. The van der Waals surface area contributed by atoms with Gasteiger partial charge < -0.3 is 9.64 Å². The van der Waals surface area contributed by atoms with Crippen molar-refractivity contribution in [2.24, 2.45) is 5.92 Å². The van der Waals surface area contributed by atoms with Gasteiger partial charge in [-0.15, -0.1) is 0 Å². The van der Waals surface area contributed by atoms with Crippen molar-refractivity contribution < 1.29 is 22.7 Å². The van der Waals surface area contributed by atoms with Crippen LogP contribution in [0.3, 0.4) is 0 Å². The molecule has 33 heavy (non-hydrogen) atoms. The van der Waals surface area contributed by atoms with Crippen LogP contribution >= 0.6 is 0 Å². The molecule has 3 aromatic rings. The normalized spacial score (nSPS) is 22.1. The van der Waals surface area contributed by atoms with Crippen LogP contribution in [0.4, 0.5) is 13.2 Å². The average molecular weight is 458 g/mol. The Hall–Kier alpha value is -3.50. The molecular formula is C22H21F3N6O2. The highest BCUT2D eigenvalue weighted by Gasteiger charge is 2.49. The first kappa shape index (κ1) is 21.4. The van der Waals surface area contributed by atoms with Crippen LogP contribution in [0.5, 0.6) is 5.75 Å². The van der Waals surface area contributed by atoms with Crippen LogP contribution in [-0.4, -0.2) is 55.0 Å². The fourth-order valence-electron chi connectivity index (χ4n) is 4.99. The molecule has 1 aromatic carbocycles. The first-order valence-corrected chi connectivity index (χ1v) is 10.6. The number of aromatic nitrogens is 5. The molecule has 2 fully saturated rings. The number of nitrogens with zero attached hydrogens (tertiary/aromatic N) is 6. The highest BCUT2D eigenvalue weighted by molar-refractivity contribution is 5.99. The van der Waals surface area contributed by atoms with Crippen molar-refractivity contribution in [1.82, 2.24) is 29.9 Å². The van der Waals surface area contributed by atoms with Crippen LogP contribution in [0.25, 0.3) is 5.69 Å². The van der Waals surface area contributed by atoms with Crippen LogP contribution < -0.4 is 4.74 Å². The smallest absolute Gasteiger partial charge is 0.434 e. The lowest BCUT2D eigenvalue weighted by Gasteiger charge is -2.25. The van der Waals surface area contributed by atoms with E-state index < -0.39 is 11.9 Å². The molecule has 4 heterocycles. The standard InChI is InChI=1S/C22H21F3N6O2/c1-33-16-3-5-19(31-28-6-7-29-31)17(10-16)21(32)30-15-2-4-18(30)13(9-15)8-14-11-27-20(12-26-14)22(23,24)25/h3,5-7,10-13,15,18H,2,4,8-9H2,1H3. The second-order valence-electron chi connectivity index (χ2n) is 8.30. The molecule has 2 aliphatic rings. The minimum Gasteiger partial charge on any atom is -0.497 e. The maximum Gasteiger partial charge on any atom is 0.434 e. The first-order valence-electron chi connectivity index (χ1n) is 10.6. The third kappa shape index (κ3) is 3.91. The first-order chi connectivity index (χ1) is 15.8. The lowest BCUT2D eigenvalue weighted by Crippen LogP contribution is -2.37. The number of carbonyl (C=O) groups excluding carboxylic acids is 1. The van der Waals surface area contributed by atoms with E-state index in [0.29, 0.717) is 29.1 Å². The van der Waals surface area contributed by atoms with Gasteiger partial charge in [0.05, 0.1) is 42.6 Å². The molecular weight excluding hydrogens is 437 g/mol. The summed E-state index contributed by atoms with van der Waals surface area (Å²) in [7, 11) is 1.54. The lowest BCUT2D eigenvalue weighted by molar-refractivity contribution is -0.141. The molecule has 0 spiro atoms. The monoisotopic (exact) mass is 458 g/mol. The van der Waals surface area contributed by atoms with Gasteiger partial charge in [-0.05, 0) is 49.8 Å². The van der Waals surface area contributed by atoms with Crippen molar-refractivity contribution in [3.05, 3.63) is 59.9 Å². The SMILES string of the molecule is COc1ccc(-n2nccn2)c(C(=O)N2C3CCC2C(Cc2cnc(C(F)(F)F)cn2)C3)c1. The Labute approximate surface area is 187 Å². The molecule has 2 saturated heterocycles. The Morgan fingerprint density at radius 3 is 2.61 bits per heavy atom. The van der Waals surface area contributed by atoms with Gasteiger partial charge in [0, 0.05) is 18.3 Å². The average Bonchev–Trinajstić information content (AvgIpc) is 3.55. The molecule has 8 nitrogen and oxygen atoms in total. The van der Waals surface area contributed by atoms with Crippen molar-refractivity contribution in [2.75, 3.05) is 7.11 Å². The van der Waals surface area contributed by atoms with E-state index in [1.807, 2.05) is 4.90 Å². The lowest BCUT2D eigenvalue weighted by atomic mass is 9.86. The third-order valence-electron chi connectivity index (χ3n) is 6.44. The Kier molecular flexibility index (Phi) is 5.26. The van der Waals surface area contributed by atoms with E-state index in [1.54, 1.807) is 30.6 Å². The number of hydrogen-bond donors (Lipinski definition) is 0. The Morgan fingerprint density at radius 1 is 1.15 bits per heavy atom. The molecule has 5 rings (SSSR count). The van der Waals surface area contributed by atoms with Crippen molar-refractivity contribution in [1.29, 1.82) is 0 Å². The summed E-state index contributed by atoms with van der Waals surface area (Å²) in [5, 5.41) is 8.32. The van der Waals surface area contributed by atoms with E-state index >= 15 is 0 Å². The highest BCUT2D eigenvalue weighted by atomic mass is 19.4. The number of methoxy groups -OCH3 is 1. The summed E-state index contributed by atoms with van der Waals surface area (Å²) in [5.74, 6) is 0.530. The van der Waals surface area contributed by atoms with Gasteiger partial charge in [0.2, 0.25) is 0 Å². The van der Waals surface area contributed by atoms with Gasteiger partial charge in [-0.25, -0.2) is 4.98 Å². The number of benzene rings is 1. The van der Waals surface area contributed by atoms with Crippen LogP contribution in [0.15, 0.2) is 43.0 Å². The van der Waals surface area contributed by atoms with Gasteiger partial charge in [0.15, 0.2) is 5.69 Å². The van der Waals surface area contributed by atoms with Gasteiger partial charge in [-0.1, -0.05) is 0 Å². The van der Waals surface area contributed by atoms with Crippen LogP contribution in [0.2, 0.25) is 0 Å². The predicted molar refractivity (Wildman–Crippen MR) is 110 cm³/mol. The molecule has 2 aromatic heterocycles. The zero-order valence-electron chi connectivity index (χ0n) is 17.7. The van der Waals surface area contributed by atoms with Gasteiger partial charge in [-0.2, -0.15) is 28.2 Å². The quantitative estimate of drug-likeness (QED) is 0.583. The number of fused-ring (bicyclic) bond motifs is 2. The number of carbonyl (C=O) groups is 1. The highest BCUT2D eigenvalue weighted by Crippen LogP contribution is 2.44. The van der Waals surface area contributed by atoms with E-state index in [2.05, 4.69) is 20.2 Å². The molecule has 1 amide bonds. The molecule has 0 radical (unpaired) electrons. The minimum absolute atomic E-state index is 0.0174. The van der Waals surface area contributed by atoms with E-state index in [0.717, 1.165) is 25.5 Å². The maximum absolute atomic E-state index is 13.7. The summed E-state index contributed by atoms with van der Waals surface area (Å²) in [5.41, 5.74) is 0.490. The van der Waals surface area contributed by atoms with Crippen molar-refractivity contribution in [2.45, 2.75) is 43.9 Å². The molecule has 3 atom stereocenters. The number of ether oxygens (including phenoxy) is 1. The Balaban J connectivity index is 1.39. The van der Waals surface area contributed by atoms with Crippen LogP contribution in [0.1, 0.15) is 41.0 Å². The summed E-state index contributed by atoms with van der Waals surface area (Å²) < 4.78 is 43.6. The summed E-state index contributed by atoms with van der Waals surface area (Å²) >= 11 is 0. The Morgan fingerprint density at radius 2 is 1.94 bits per heavy atom. The van der Waals surface area contributed by atoms with E-state index in [9.17, 15) is 18.0 Å².